The molecule has 0 amide bonds. The summed E-state index contributed by atoms with van der Waals surface area (Å²) in [6.45, 7) is 3.49. The standard InChI is InChI=1S/C19H24NO5P/c1-3-24-26(23,25-4-2)19(17-13-9-6-10-14-17)18(15-20(21)22)16-11-7-5-8-12-16/h5-14,18-19H,3-4,15H2,1-2H3/t18-,19+/m0/s1. The van der Waals surface area contributed by atoms with Gasteiger partial charge in [-0.25, -0.2) is 0 Å². The van der Waals surface area contributed by atoms with Gasteiger partial charge in [-0.2, -0.15) is 0 Å². The summed E-state index contributed by atoms with van der Waals surface area (Å²) in [6.07, 6.45) is 0. The van der Waals surface area contributed by atoms with E-state index in [0.29, 0.717) is 5.56 Å². The van der Waals surface area contributed by atoms with Gasteiger partial charge in [0.05, 0.1) is 24.8 Å². The minimum Gasteiger partial charge on any atom is -0.308 e. The molecule has 0 aliphatic heterocycles. The smallest absolute Gasteiger partial charge is 0.308 e. The van der Waals surface area contributed by atoms with E-state index < -0.39 is 19.2 Å². The van der Waals surface area contributed by atoms with Crippen molar-refractivity contribution >= 4 is 7.60 Å². The number of benzene rings is 2. The Kier molecular flexibility index (Phi) is 7.51. The third-order valence-corrected chi connectivity index (χ3v) is 6.63. The summed E-state index contributed by atoms with van der Waals surface area (Å²) >= 11 is 0. The van der Waals surface area contributed by atoms with Crippen molar-refractivity contribution in [2.45, 2.75) is 25.4 Å². The van der Waals surface area contributed by atoms with E-state index in [4.69, 9.17) is 9.05 Å². The molecule has 0 saturated carbocycles. The molecule has 0 unspecified atom stereocenters. The zero-order valence-corrected chi connectivity index (χ0v) is 15.9. The van der Waals surface area contributed by atoms with Crippen LogP contribution in [0.1, 0.15) is 36.6 Å². The largest absolute Gasteiger partial charge is 0.338 e. The van der Waals surface area contributed by atoms with Crippen LogP contribution in [0.3, 0.4) is 0 Å². The van der Waals surface area contributed by atoms with Gasteiger partial charge in [0.25, 0.3) is 0 Å². The minimum absolute atomic E-state index is 0.195. The molecule has 0 aromatic heterocycles. The third-order valence-electron chi connectivity index (χ3n) is 4.05. The normalized spacial score (nSPS) is 13.9. The second-order valence-electron chi connectivity index (χ2n) is 5.76. The van der Waals surface area contributed by atoms with E-state index in [-0.39, 0.29) is 24.7 Å². The maximum absolute atomic E-state index is 13.6. The Morgan fingerprint density at radius 1 is 0.923 bits per heavy atom. The van der Waals surface area contributed by atoms with Crippen LogP contribution in [0.15, 0.2) is 60.7 Å². The van der Waals surface area contributed by atoms with Crippen LogP contribution >= 0.6 is 7.60 Å². The second-order valence-corrected chi connectivity index (χ2v) is 7.92. The van der Waals surface area contributed by atoms with Crippen LogP contribution in [0.25, 0.3) is 0 Å². The molecule has 2 aromatic rings. The van der Waals surface area contributed by atoms with Crippen molar-refractivity contribution in [3.05, 3.63) is 81.9 Å². The Bertz CT molecular complexity index is 728. The van der Waals surface area contributed by atoms with E-state index in [1.807, 2.05) is 60.7 Å². The van der Waals surface area contributed by atoms with Gasteiger partial charge in [0, 0.05) is 4.92 Å². The highest BCUT2D eigenvalue weighted by atomic mass is 31.2. The molecule has 0 aliphatic rings. The fraction of sp³-hybridized carbons (Fsp3) is 0.368. The minimum atomic E-state index is -3.63. The highest BCUT2D eigenvalue weighted by Crippen LogP contribution is 2.65. The van der Waals surface area contributed by atoms with Crippen molar-refractivity contribution in [3.8, 4) is 0 Å². The van der Waals surface area contributed by atoms with E-state index in [1.165, 1.54) is 0 Å². The topological polar surface area (TPSA) is 78.7 Å². The van der Waals surface area contributed by atoms with E-state index in [0.717, 1.165) is 5.56 Å². The molecule has 0 heterocycles. The van der Waals surface area contributed by atoms with Gasteiger partial charge in [-0.05, 0) is 25.0 Å². The van der Waals surface area contributed by atoms with Crippen LogP contribution in [0.4, 0.5) is 0 Å². The van der Waals surface area contributed by atoms with Crippen molar-refractivity contribution in [1.82, 2.24) is 0 Å². The monoisotopic (exact) mass is 377 g/mol. The average molecular weight is 377 g/mol. The van der Waals surface area contributed by atoms with Gasteiger partial charge in [-0.15, -0.1) is 0 Å². The lowest BCUT2D eigenvalue weighted by atomic mass is 9.91. The summed E-state index contributed by atoms with van der Waals surface area (Å²) < 4.78 is 24.8. The van der Waals surface area contributed by atoms with Gasteiger partial charge in [0.15, 0.2) is 0 Å². The first-order chi connectivity index (χ1) is 12.5. The summed E-state index contributed by atoms with van der Waals surface area (Å²) in [5.74, 6) is -0.641. The van der Waals surface area contributed by atoms with Crippen LogP contribution < -0.4 is 0 Å². The van der Waals surface area contributed by atoms with Crippen molar-refractivity contribution in [2.75, 3.05) is 19.8 Å². The molecule has 2 aromatic carbocycles. The molecule has 7 heteroatoms. The van der Waals surface area contributed by atoms with Gasteiger partial charge in [0.2, 0.25) is 6.54 Å². The Labute approximate surface area is 153 Å². The molecular weight excluding hydrogens is 353 g/mol. The first-order valence-corrected chi connectivity index (χ1v) is 10.2. The Hall–Kier alpha value is -2.01. The third kappa shape index (κ3) is 5.01. The fourth-order valence-electron chi connectivity index (χ4n) is 3.09. The summed E-state index contributed by atoms with van der Waals surface area (Å²) in [5, 5.41) is 11.4. The second kappa shape index (κ2) is 9.62. The molecule has 0 fully saturated rings. The van der Waals surface area contributed by atoms with Gasteiger partial charge < -0.3 is 9.05 Å². The van der Waals surface area contributed by atoms with Crippen LogP contribution in [-0.4, -0.2) is 24.7 Å². The molecule has 0 bridgehead atoms. The average Bonchev–Trinajstić information content (AvgIpc) is 2.63. The molecule has 2 atom stereocenters. The predicted octanol–water partition coefficient (Wildman–Crippen LogP) is 5.05. The van der Waals surface area contributed by atoms with E-state index >= 15 is 0 Å². The molecule has 0 saturated heterocycles. The molecule has 140 valence electrons. The van der Waals surface area contributed by atoms with Crippen molar-refractivity contribution < 1.29 is 18.5 Å². The molecule has 26 heavy (non-hydrogen) atoms. The van der Waals surface area contributed by atoms with Gasteiger partial charge in [-0.1, -0.05) is 60.7 Å². The summed E-state index contributed by atoms with van der Waals surface area (Å²) in [5.41, 5.74) is 0.669. The van der Waals surface area contributed by atoms with E-state index in [2.05, 4.69) is 0 Å². The van der Waals surface area contributed by atoms with Crippen molar-refractivity contribution in [3.63, 3.8) is 0 Å². The van der Waals surface area contributed by atoms with Crippen LogP contribution in [0, 0.1) is 10.1 Å². The number of nitrogens with zero attached hydrogens (tertiary/aromatic N) is 1. The molecule has 0 radical (unpaired) electrons. The van der Waals surface area contributed by atoms with Crippen molar-refractivity contribution in [2.24, 2.45) is 0 Å². The SMILES string of the molecule is CCOP(=O)(OCC)[C@H](c1ccccc1)[C@@H](C[N+](=O)[O-])c1ccccc1. The Balaban J connectivity index is 2.62. The summed E-state index contributed by atoms with van der Waals surface area (Å²) in [6, 6.07) is 18.2. The van der Waals surface area contributed by atoms with E-state index in [9.17, 15) is 14.7 Å². The van der Waals surface area contributed by atoms with Gasteiger partial charge in [0.1, 0.15) is 0 Å². The molecule has 6 nitrogen and oxygen atoms in total. The molecule has 0 aliphatic carbocycles. The number of nitro groups is 1. The quantitative estimate of drug-likeness (QED) is 0.329. The van der Waals surface area contributed by atoms with Gasteiger partial charge >= 0.3 is 7.60 Å². The molecule has 2 rings (SSSR count). The van der Waals surface area contributed by atoms with Crippen molar-refractivity contribution in [1.29, 1.82) is 0 Å². The number of rotatable bonds is 10. The highest BCUT2D eigenvalue weighted by Gasteiger charge is 2.45. The number of hydrogen-bond donors (Lipinski definition) is 0. The molecule has 0 N–H and O–H groups in total. The lowest BCUT2D eigenvalue weighted by Crippen LogP contribution is -2.22. The Morgan fingerprint density at radius 2 is 1.38 bits per heavy atom. The molecular formula is C19H24NO5P. The Morgan fingerprint density at radius 3 is 1.81 bits per heavy atom. The predicted molar refractivity (Wildman–Crippen MR) is 101 cm³/mol. The maximum atomic E-state index is 13.6. The molecule has 0 spiro atoms. The van der Waals surface area contributed by atoms with Crippen LogP contribution in [-0.2, 0) is 13.6 Å². The lowest BCUT2D eigenvalue weighted by molar-refractivity contribution is -0.483. The van der Waals surface area contributed by atoms with Crippen LogP contribution in [0.5, 0.6) is 0 Å². The first kappa shape index (κ1) is 20.3. The zero-order valence-electron chi connectivity index (χ0n) is 15.0. The van der Waals surface area contributed by atoms with E-state index in [1.54, 1.807) is 13.8 Å². The first-order valence-electron chi connectivity index (χ1n) is 8.62. The fourth-order valence-corrected chi connectivity index (χ4v) is 5.45. The summed E-state index contributed by atoms with van der Waals surface area (Å²) in [4.78, 5) is 11.0. The zero-order chi connectivity index (χ0) is 19.0. The van der Waals surface area contributed by atoms with Gasteiger partial charge in [-0.3, -0.25) is 14.7 Å². The maximum Gasteiger partial charge on any atom is 0.338 e. The summed E-state index contributed by atoms with van der Waals surface area (Å²) in [7, 11) is -3.63. The highest BCUT2D eigenvalue weighted by molar-refractivity contribution is 7.54. The van der Waals surface area contributed by atoms with Crippen LogP contribution in [0.2, 0.25) is 0 Å². The number of hydrogen-bond acceptors (Lipinski definition) is 5. The lowest BCUT2D eigenvalue weighted by Gasteiger charge is -2.31.